The molecule has 2 atom stereocenters. The molecule has 20 heavy (non-hydrogen) atoms. The third-order valence-corrected chi connectivity index (χ3v) is 3.66. The Morgan fingerprint density at radius 2 is 2.20 bits per heavy atom. The Morgan fingerprint density at radius 3 is 2.80 bits per heavy atom. The van der Waals surface area contributed by atoms with Gasteiger partial charge in [0.15, 0.2) is 0 Å². The molecule has 2 unspecified atom stereocenters. The molecule has 0 aromatic heterocycles. The van der Waals surface area contributed by atoms with Gasteiger partial charge in [-0.15, -0.1) is 0 Å². The van der Waals surface area contributed by atoms with Gasteiger partial charge in [-0.2, -0.15) is 13.2 Å². The summed E-state index contributed by atoms with van der Waals surface area (Å²) in [4.78, 5) is 0. The average Bonchev–Trinajstić information content (AvgIpc) is 2.45. The van der Waals surface area contributed by atoms with Gasteiger partial charge in [0.1, 0.15) is 0 Å². The number of benzene rings is 1. The van der Waals surface area contributed by atoms with Crippen molar-refractivity contribution in [3.05, 3.63) is 35.4 Å². The quantitative estimate of drug-likeness (QED) is 0.910. The number of alkyl halides is 3. The molecule has 0 spiro atoms. The van der Waals surface area contributed by atoms with E-state index in [4.69, 9.17) is 4.74 Å². The number of hydrogen-bond donors (Lipinski definition) is 1. The van der Waals surface area contributed by atoms with Gasteiger partial charge in [-0.25, -0.2) is 0 Å². The summed E-state index contributed by atoms with van der Waals surface area (Å²) in [5.74, 6) is 0.229. The lowest BCUT2D eigenvalue weighted by molar-refractivity contribution is -0.137. The average molecular weight is 287 g/mol. The van der Waals surface area contributed by atoms with E-state index in [0.29, 0.717) is 12.2 Å². The van der Waals surface area contributed by atoms with Gasteiger partial charge in [0, 0.05) is 18.6 Å². The zero-order chi connectivity index (χ0) is 14.6. The second-order valence-corrected chi connectivity index (χ2v) is 5.14. The van der Waals surface area contributed by atoms with Crippen LogP contribution in [0.3, 0.4) is 0 Å². The number of nitrogens with one attached hydrogen (secondary N) is 1. The molecule has 2 rings (SSSR count). The van der Waals surface area contributed by atoms with Crippen molar-refractivity contribution in [2.24, 2.45) is 5.92 Å². The number of halogens is 3. The Bertz CT molecular complexity index is 427. The normalized spacial score (nSPS) is 21.7. The van der Waals surface area contributed by atoms with Gasteiger partial charge in [0.2, 0.25) is 0 Å². The summed E-state index contributed by atoms with van der Waals surface area (Å²) in [7, 11) is 0. The lowest BCUT2D eigenvalue weighted by Gasteiger charge is -2.31. The van der Waals surface area contributed by atoms with E-state index in [1.54, 1.807) is 6.07 Å². The van der Waals surface area contributed by atoms with E-state index in [2.05, 4.69) is 5.32 Å². The first kappa shape index (κ1) is 15.3. The smallest absolute Gasteiger partial charge is 0.381 e. The van der Waals surface area contributed by atoms with E-state index in [9.17, 15) is 13.2 Å². The number of ether oxygens (including phenoxy) is 1. The highest BCUT2D eigenvalue weighted by atomic mass is 19.4. The van der Waals surface area contributed by atoms with Crippen LogP contribution in [0.15, 0.2) is 24.3 Å². The minimum Gasteiger partial charge on any atom is -0.381 e. The molecule has 1 aromatic carbocycles. The standard InChI is InChI=1S/C15H20F3NO/c1-2-19-14(12-6-4-8-20-10-12)11-5-3-7-13(9-11)15(16,17)18/h3,5,7,9,12,14,19H,2,4,6,8,10H2,1H3. The molecule has 112 valence electrons. The van der Waals surface area contributed by atoms with Crippen molar-refractivity contribution in [1.82, 2.24) is 5.32 Å². The van der Waals surface area contributed by atoms with Gasteiger partial charge in [-0.3, -0.25) is 0 Å². The maximum atomic E-state index is 12.8. The zero-order valence-corrected chi connectivity index (χ0v) is 11.5. The fraction of sp³-hybridized carbons (Fsp3) is 0.600. The Balaban J connectivity index is 2.24. The molecule has 1 saturated heterocycles. The molecular formula is C15H20F3NO. The second kappa shape index (κ2) is 6.59. The minimum atomic E-state index is -4.30. The van der Waals surface area contributed by atoms with Gasteiger partial charge < -0.3 is 10.1 Å². The summed E-state index contributed by atoms with van der Waals surface area (Å²) in [5, 5.41) is 3.30. The van der Waals surface area contributed by atoms with Crippen LogP contribution < -0.4 is 5.32 Å². The van der Waals surface area contributed by atoms with Gasteiger partial charge in [-0.05, 0) is 37.1 Å². The van der Waals surface area contributed by atoms with Gasteiger partial charge in [0.25, 0.3) is 0 Å². The van der Waals surface area contributed by atoms with Gasteiger partial charge >= 0.3 is 6.18 Å². The van der Waals surface area contributed by atoms with Crippen LogP contribution in [0.1, 0.15) is 36.9 Å². The maximum absolute atomic E-state index is 12.8. The van der Waals surface area contributed by atoms with Crippen molar-refractivity contribution < 1.29 is 17.9 Å². The first-order chi connectivity index (χ1) is 9.52. The lowest BCUT2D eigenvalue weighted by Crippen LogP contribution is -2.33. The Morgan fingerprint density at radius 1 is 1.40 bits per heavy atom. The molecule has 2 nitrogen and oxygen atoms in total. The SMILES string of the molecule is CCNC(c1cccc(C(F)(F)F)c1)C1CCCOC1. The first-order valence-electron chi connectivity index (χ1n) is 7.00. The van der Waals surface area contributed by atoms with Crippen molar-refractivity contribution in [3.8, 4) is 0 Å². The summed E-state index contributed by atoms with van der Waals surface area (Å²) in [6.45, 7) is 4.04. The molecule has 1 aromatic rings. The van der Waals surface area contributed by atoms with Crippen molar-refractivity contribution in [2.75, 3.05) is 19.8 Å². The fourth-order valence-electron chi connectivity index (χ4n) is 2.71. The summed E-state index contributed by atoms with van der Waals surface area (Å²) < 4.78 is 43.9. The molecule has 1 N–H and O–H groups in total. The minimum absolute atomic E-state index is 0.0809. The molecule has 5 heteroatoms. The lowest BCUT2D eigenvalue weighted by atomic mass is 9.88. The van der Waals surface area contributed by atoms with E-state index in [1.165, 1.54) is 12.1 Å². The Labute approximate surface area is 117 Å². The molecule has 0 bridgehead atoms. The number of rotatable bonds is 4. The largest absolute Gasteiger partial charge is 0.416 e. The van der Waals surface area contributed by atoms with Crippen LogP contribution in [-0.4, -0.2) is 19.8 Å². The van der Waals surface area contributed by atoms with Crippen molar-refractivity contribution in [1.29, 1.82) is 0 Å². The number of hydrogen-bond acceptors (Lipinski definition) is 2. The van der Waals surface area contributed by atoms with Crippen molar-refractivity contribution in [2.45, 2.75) is 32.0 Å². The second-order valence-electron chi connectivity index (χ2n) is 5.14. The van der Waals surface area contributed by atoms with Gasteiger partial charge in [-0.1, -0.05) is 19.1 Å². The third kappa shape index (κ3) is 3.73. The predicted molar refractivity (Wildman–Crippen MR) is 71.4 cm³/mol. The fourth-order valence-corrected chi connectivity index (χ4v) is 2.71. The van der Waals surface area contributed by atoms with E-state index < -0.39 is 11.7 Å². The summed E-state index contributed by atoms with van der Waals surface area (Å²) >= 11 is 0. The predicted octanol–water partition coefficient (Wildman–Crippen LogP) is 3.78. The van der Waals surface area contributed by atoms with Gasteiger partial charge in [0.05, 0.1) is 12.2 Å². The molecule has 0 radical (unpaired) electrons. The van der Waals surface area contributed by atoms with Crippen LogP contribution in [0, 0.1) is 5.92 Å². The monoisotopic (exact) mass is 287 g/mol. The Hall–Kier alpha value is -1.07. The van der Waals surface area contributed by atoms with Crippen molar-refractivity contribution >= 4 is 0 Å². The molecule has 1 aliphatic rings. The third-order valence-electron chi connectivity index (χ3n) is 3.66. The summed E-state index contributed by atoms with van der Waals surface area (Å²) in [5.41, 5.74) is 0.104. The van der Waals surface area contributed by atoms with Crippen LogP contribution in [0.5, 0.6) is 0 Å². The van der Waals surface area contributed by atoms with Crippen LogP contribution in [0.2, 0.25) is 0 Å². The van der Waals surface area contributed by atoms with Crippen molar-refractivity contribution in [3.63, 3.8) is 0 Å². The molecule has 1 aliphatic heterocycles. The van der Waals surface area contributed by atoms with Crippen LogP contribution in [0.25, 0.3) is 0 Å². The van der Waals surface area contributed by atoms with E-state index in [-0.39, 0.29) is 12.0 Å². The summed E-state index contributed by atoms with van der Waals surface area (Å²) in [6.07, 6.45) is -2.35. The molecule has 0 amide bonds. The molecule has 1 fully saturated rings. The zero-order valence-electron chi connectivity index (χ0n) is 11.5. The van der Waals surface area contributed by atoms with Crippen LogP contribution >= 0.6 is 0 Å². The van der Waals surface area contributed by atoms with Crippen LogP contribution in [0.4, 0.5) is 13.2 Å². The van der Waals surface area contributed by atoms with E-state index >= 15 is 0 Å². The topological polar surface area (TPSA) is 21.3 Å². The van der Waals surface area contributed by atoms with Crippen LogP contribution in [-0.2, 0) is 10.9 Å². The molecule has 0 saturated carbocycles. The first-order valence-corrected chi connectivity index (χ1v) is 7.00. The highest BCUT2D eigenvalue weighted by molar-refractivity contribution is 5.28. The summed E-state index contributed by atoms with van der Waals surface area (Å²) in [6, 6.07) is 5.53. The molecule has 1 heterocycles. The molecule has 0 aliphatic carbocycles. The highest BCUT2D eigenvalue weighted by Gasteiger charge is 2.32. The van der Waals surface area contributed by atoms with E-state index in [1.807, 2.05) is 6.92 Å². The maximum Gasteiger partial charge on any atom is 0.416 e. The molecular weight excluding hydrogens is 267 g/mol. The highest BCUT2D eigenvalue weighted by Crippen LogP contribution is 2.34. The van der Waals surface area contributed by atoms with E-state index in [0.717, 1.165) is 32.1 Å². The Kier molecular flexibility index (Phi) is 5.05.